The topological polar surface area (TPSA) is 58.6 Å². The molecule has 0 saturated carbocycles. The van der Waals surface area contributed by atoms with E-state index in [1.807, 2.05) is 0 Å². The van der Waals surface area contributed by atoms with Crippen molar-refractivity contribution in [3.8, 4) is 5.75 Å². The first kappa shape index (κ1) is 10.3. The van der Waals surface area contributed by atoms with E-state index in [0.717, 1.165) is 5.56 Å². The Balaban J connectivity index is 2.62. The number of phenolic OH excluding ortho intramolecular Hbond substituents is 1. The Morgan fingerprint density at radius 1 is 1.47 bits per heavy atom. The number of hydrogen-bond donors (Lipinski definition) is 2. The molecule has 2 N–H and O–H groups in total. The zero-order chi connectivity index (χ0) is 11.2. The van der Waals surface area contributed by atoms with E-state index < -0.39 is 11.7 Å². The number of halogens is 1. The van der Waals surface area contributed by atoms with Crippen LogP contribution in [0.15, 0.2) is 16.6 Å². The van der Waals surface area contributed by atoms with Crippen LogP contribution in [0.4, 0.5) is 10.5 Å². The van der Waals surface area contributed by atoms with E-state index >= 15 is 0 Å². The minimum atomic E-state index is -0.726. The summed E-state index contributed by atoms with van der Waals surface area (Å²) in [5.74, 6) is 0.126. The van der Waals surface area contributed by atoms with E-state index in [2.05, 4.69) is 21.2 Å². The van der Waals surface area contributed by atoms with Crippen LogP contribution in [0.1, 0.15) is 19.4 Å². The van der Waals surface area contributed by atoms with Crippen LogP contribution in [0.25, 0.3) is 0 Å². The van der Waals surface area contributed by atoms with Crippen LogP contribution in [-0.4, -0.2) is 11.2 Å². The van der Waals surface area contributed by atoms with Gasteiger partial charge in [0.25, 0.3) is 0 Å². The Labute approximate surface area is 95.4 Å². The maximum Gasteiger partial charge on any atom is 0.412 e. The molecule has 1 aliphatic heterocycles. The Bertz CT molecular complexity index is 443. The lowest BCUT2D eigenvalue weighted by Crippen LogP contribution is -2.34. The second kappa shape index (κ2) is 3.13. The summed E-state index contributed by atoms with van der Waals surface area (Å²) in [6, 6.07) is 3.24. The average molecular weight is 272 g/mol. The minimum Gasteiger partial charge on any atom is -0.507 e. The molecule has 0 radical (unpaired) electrons. The maximum absolute atomic E-state index is 11.2. The van der Waals surface area contributed by atoms with Crippen LogP contribution in [0.2, 0.25) is 0 Å². The lowest BCUT2D eigenvalue weighted by Gasteiger charge is -2.32. The van der Waals surface area contributed by atoms with Gasteiger partial charge < -0.3 is 9.84 Å². The molecule has 5 heteroatoms. The van der Waals surface area contributed by atoms with Crippen molar-refractivity contribution in [2.45, 2.75) is 19.4 Å². The number of carbonyl (C=O) groups is 1. The number of hydrogen-bond acceptors (Lipinski definition) is 3. The summed E-state index contributed by atoms with van der Waals surface area (Å²) in [6.45, 7) is 3.55. The van der Waals surface area contributed by atoms with Gasteiger partial charge >= 0.3 is 6.09 Å². The summed E-state index contributed by atoms with van der Waals surface area (Å²) in [7, 11) is 0. The largest absolute Gasteiger partial charge is 0.507 e. The van der Waals surface area contributed by atoms with Crippen LogP contribution in [0.3, 0.4) is 0 Å². The second-order valence-electron chi connectivity index (χ2n) is 3.87. The van der Waals surface area contributed by atoms with Gasteiger partial charge in [0.05, 0.1) is 10.2 Å². The first-order chi connectivity index (χ1) is 6.90. The summed E-state index contributed by atoms with van der Waals surface area (Å²) in [4.78, 5) is 11.2. The van der Waals surface area contributed by atoms with Crippen molar-refractivity contribution < 1.29 is 14.6 Å². The van der Waals surface area contributed by atoms with E-state index in [1.165, 1.54) is 0 Å². The quantitative estimate of drug-likeness (QED) is 0.714. The molecule has 4 nitrogen and oxygen atoms in total. The molecule has 1 aromatic rings. The number of carbonyl (C=O) groups excluding carboxylic acids is 1. The normalized spacial score (nSPS) is 17.7. The summed E-state index contributed by atoms with van der Waals surface area (Å²) in [6.07, 6.45) is -0.481. The molecule has 0 aliphatic carbocycles. The highest BCUT2D eigenvalue weighted by atomic mass is 79.9. The number of phenols is 1. The number of ether oxygens (including phenoxy) is 1. The number of benzene rings is 1. The molecule has 0 atom stereocenters. The van der Waals surface area contributed by atoms with E-state index in [1.54, 1.807) is 26.0 Å². The summed E-state index contributed by atoms with van der Waals surface area (Å²) in [5.41, 5.74) is 0.680. The van der Waals surface area contributed by atoms with Gasteiger partial charge in [0.1, 0.15) is 11.4 Å². The number of rotatable bonds is 0. The smallest absolute Gasteiger partial charge is 0.412 e. The molecule has 0 fully saturated rings. The fourth-order valence-corrected chi connectivity index (χ4v) is 1.93. The van der Waals surface area contributed by atoms with Crippen molar-refractivity contribution >= 4 is 27.7 Å². The predicted octanol–water partition coefficient (Wildman–Crippen LogP) is 2.95. The van der Waals surface area contributed by atoms with Crippen molar-refractivity contribution in [3.63, 3.8) is 0 Å². The van der Waals surface area contributed by atoms with Gasteiger partial charge in [-0.15, -0.1) is 0 Å². The third-order valence-electron chi connectivity index (χ3n) is 2.32. The molecule has 1 heterocycles. The summed E-state index contributed by atoms with van der Waals surface area (Å²) >= 11 is 3.19. The first-order valence-corrected chi connectivity index (χ1v) is 5.22. The summed E-state index contributed by atoms with van der Waals surface area (Å²) in [5, 5.41) is 12.1. The molecular formula is C10H10BrNO3. The SMILES string of the molecule is CC1(C)OC(=O)Nc2cc(Br)c(O)cc21. The zero-order valence-electron chi connectivity index (χ0n) is 8.30. The molecule has 0 spiro atoms. The Hall–Kier alpha value is -1.23. The van der Waals surface area contributed by atoms with Crippen molar-refractivity contribution in [1.29, 1.82) is 0 Å². The molecule has 0 bridgehead atoms. The third-order valence-corrected chi connectivity index (χ3v) is 2.96. The number of aromatic hydroxyl groups is 1. The Morgan fingerprint density at radius 2 is 2.13 bits per heavy atom. The zero-order valence-corrected chi connectivity index (χ0v) is 9.88. The molecular weight excluding hydrogens is 262 g/mol. The van der Waals surface area contributed by atoms with Crippen molar-refractivity contribution in [2.24, 2.45) is 0 Å². The standard InChI is InChI=1S/C10H10BrNO3/c1-10(2)5-3-8(13)6(11)4-7(5)12-9(14)15-10/h3-4,13H,1-2H3,(H,12,14). The molecule has 2 rings (SSSR count). The lowest BCUT2D eigenvalue weighted by molar-refractivity contribution is 0.0418. The molecule has 1 aliphatic rings. The maximum atomic E-state index is 11.2. The van der Waals surface area contributed by atoms with Gasteiger partial charge in [0.2, 0.25) is 0 Å². The highest BCUT2D eigenvalue weighted by Gasteiger charge is 2.34. The molecule has 15 heavy (non-hydrogen) atoms. The van der Waals surface area contributed by atoms with Gasteiger partial charge in [-0.2, -0.15) is 0 Å². The number of amides is 1. The first-order valence-electron chi connectivity index (χ1n) is 4.43. The van der Waals surface area contributed by atoms with Gasteiger partial charge in [-0.25, -0.2) is 4.79 Å². The van der Waals surface area contributed by atoms with Gasteiger partial charge in [-0.3, -0.25) is 5.32 Å². The van der Waals surface area contributed by atoms with Crippen LogP contribution < -0.4 is 5.32 Å². The Morgan fingerprint density at radius 3 is 2.80 bits per heavy atom. The van der Waals surface area contributed by atoms with Crippen molar-refractivity contribution in [3.05, 3.63) is 22.2 Å². The number of nitrogens with one attached hydrogen (secondary N) is 1. The average Bonchev–Trinajstić information content (AvgIpc) is 2.07. The highest BCUT2D eigenvalue weighted by molar-refractivity contribution is 9.10. The molecule has 1 amide bonds. The lowest BCUT2D eigenvalue weighted by atomic mass is 9.94. The highest BCUT2D eigenvalue weighted by Crippen LogP contribution is 2.40. The van der Waals surface area contributed by atoms with Crippen LogP contribution >= 0.6 is 15.9 Å². The van der Waals surface area contributed by atoms with Crippen LogP contribution in [-0.2, 0) is 10.3 Å². The molecule has 1 aromatic carbocycles. The van der Waals surface area contributed by atoms with Crippen LogP contribution in [0, 0.1) is 0 Å². The molecule has 0 unspecified atom stereocenters. The van der Waals surface area contributed by atoms with Gasteiger partial charge in [0.15, 0.2) is 0 Å². The van der Waals surface area contributed by atoms with E-state index in [4.69, 9.17) is 4.74 Å². The van der Waals surface area contributed by atoms with Crippen molar-refractivity contribution in [2.75, 3.05) is 5.32 Å². The summed E-state index contributed by atoms with van der Waals surface area (Å²) < 4.78 is 5.66. The molecule has 80 valence electrons. The van der Waals surface area contributed by atoms with E-state index in [0.29, 0.717) is 10.2 Å². The number of cyclic esters (lactones) is 1. The minimum absolute atomic E-state index is 0.126. The fourth-order valence-electron chi connectivity index (χ4n) is 1.59. The Kier molecular flexibility index (Phi) is 2.15. The van der Waals surface area contributed by atoms with Gasteiger partial charge in [-0.1, -0.05) is 0 Å². The fraction of sp³-hybridized carbons (Fsp3) is 0.300. The monoisotopic (exact) mass is 271 g/mol. The van der Waals surface area contributed by atoms with Crippen molar-refractivity contribution in [1.82, 2.24) is 0 Å². The van der Waals surface area contributed by atoms with Gasteiger partial charge in [-0.05, 0) is 41.9 Å². The van der Waals surface area contributed by atoms with E-state index in [-0.39, 0.29) is 5.75 Å². The second-order valence-corrected chi connectivity index (χ2v) is 4.73. The molecule has 0 saturated heterocycles. The van der Waals surface area contributed by atoms with E-state index in [9.17, 15) is 9.90 Å². The van der Waals surface area contributed by atoms with Crippen LogP contribution in [0.5, 0.6) is 5.75 Å². The predicted molar refractivity (Wildman–Crippen MR) is 58.9 cm³/mol. The van der Waals surface area contributed by atoms with Gasteiger partial charge in [0, 0.05) is 5.56 Å². The number of fused-ring (bicyclic) bond motifs is 1. The third kappa shape index (κ3) is 1.67. The number of anilines is 1. The molecule has 0 aromatic heterocycles.